The van der Waals surface area contributed by atoms with Crippen molar-refractivity contribution in [2.75, 3.05) is 25.8 Å². The lowest BCUT2D eigenvalue weighted by Crippen LogP contribution is -2.21. The van der Waals surface area contributed by atoms with E-state index in [0.717, 1.165) is 0 Å². The first-order valence-corrected chi connectivity index (χ1v) is 7.58. The fourth-order valence-corrected chi connectivity index (χ4v) is 2.34. The normalized spacial score (nSPS) is 11.8. The summed E-state index contributed by atoms with van der Waals surface area (Å²) in [6, 6.07) is 10.0. The van der Waals surface area contributed by atoms with Crippen LogP contribution < -0.4 is 24.3 Å². The topological polar surface area (TPSA) is 83.1 Å². The van der Waals surface area contributed by atoms with Gasteiger partial charge >= 0.3 is 0 Å². The molecule has 0 aromatic heterocycles. The fraction of sp³-hybridized carbons (Fsp3) is 0.222. The van der Waals surface area contributed by atoms with Crippen molar-refractivity contribution in [3.8, 4) is 23.0 Å². The van der Waals surface area contributed by atoms with Gasteiger partial charge in [-0.15, -0.1) is 0 Å². The molecule has 1 amide bonds. The van der Waals surface area contributed by atoms with Gasteiger partial charge in [-0.3, -0.25) is 9.59 Å². The van der Waals surface area contributed by atoms with E-state index in [2.05, 4.69) is 5.32 Å². The van der Waals surface area contributed by atoms with Gasteiger partial charge in [-0.2, -0.15) is 0 Å². The maximum atomic E-state index is 12.1. The molecule has 3 rings (SSSR count). The number of benzene rings is 2. The molecule has 0 bridgehead atoms. The zero-order valence-corrected chi connectivity index (χ0v) is 13.8. The molecule has 25 heavy (non-hydrogen) atoms. The molecule has 0 saturated carbocycles. The van der Waals surface area contributed by atoms with E-state index in [9.17, 15) is 9.59 Å². The van der Waals surface area contributed by atoms with Crippen LogP contribution >= 0.6 is 0 Å². The van der Waals surface area contributed by atoms with Crippen molar-refractivity contribution >= 4 is 17.4 Å². The highest BCUT2D eigenvalue weighted by molar-refractivity contribution is 6.04. The van der Waals surface area contributed by atoms with Gasteiger partial charge < -0.3 is 24.3 Å². The standard InChI is InChI=1S/C18H17NO6/c1-11(20)14-7-16-17(25-10-24-16)8-15(14)19-18(21)9-23-13-5-3-12(22-2)4-6-13/h3-8H,9-10H2,1-2H3,(H,19,21). The highest BCUT2D eigenvalue weighted by Gasteiger charge is 2.20. The van der Waals surface area contributed by atoms with Gasteiger partial charge in [-0.25, -0.2) is 0 Å². The third-order valence-electron chi connectivity index (χ3n) is 3.60. The molecule has 0 aliphatic carbocycles. The number of hydrogen-bond acceptors (Lipinski definition) is 6. The van der Waals surface area contributed by atoms with Crippen molar-refractivity contribution in [3.05, 3.63) is 42.0 Å². The van der Waals surface area contributed by atoms with E-state index in [1.165, 1.54) is 6.92 Å². The Morgan fingerprint density at radius 3 is 2.36 bits per heavy atom. The average molecular weight is 343 g/mol. The predicted octanol–water partition coefficient (Wildman–Crippen LogP) is 2.64. The third-order valence-corrected chi connectivity index (χ3v) is 3.60. The van der Waals surface area contributed by atoms with Crippen LogP contribution in [-0.4, -0.2) is 32.2 Å². The zero-order valence-electron chi connectivity index (χ0n) is 13.8. The van der Waals surface area contributed by atoms with Crippen LogP contribution in [0.25, 0.3) is 0 Å². The van der Waals surface area contributed by atoms with Crippen molar-refractivity contribution in [2.45, 2.75) is 6.92 Å². The monoisotopic (exact) mass is 343 g/mol. The van der Waals surface area contributed by atoms with Crippen molar-refractivity contribution in [2.24, 2.45) is 0 Å². The number of carbonyl (C=O) groups is 2. The quantitative estimate of drug-likeness (QED) is 0.812. The Hall–Kier alpha value is -3.22. The third kappa shape index (κ3) is 3.82. The molecule has 0 saturated heterocycles. The van der Waals surface area contributed by atoms with Crippen molar-refractivity contribution in [1.29, 1.82) is 0 Å². The molecule has 1 heterocycles. The van der Waals surface area contributed by atoms with Gasteiger partial charge in [0.05, 0.1) is 12.8 Å². The fourth-order valence-electron chi connectivity index (χ4n) is 2.34. The summed E-state index contributed by atoms with van der Waals surface area (Å²) in [6.45, 7) is 1.31. The lowest BCUT2D eigenvalue weighted by Gasteiger charge is -2.11. The molecule has 1 aliphatic heterocycles. The number of rotatable bonds is 6. The molecule has 7 heteroatoms. The van der Waals surface area contributed by atoms with E-state index >= 15 is 0 Å². The molecule has 0 atom stereocenters. The molecule has 1 N–H and O–H groups in total. The van der Waals surface area contributed by atoms with E-state index in [-0.39, 0.29) is 19.2 Å². The number of nitrogens with one attached hydrogen (secondary N) is 1. The largest absolute Gasteiger partial charge is 0.497 e. The summed E-state index contributed by atoms with van der Waals surface area (Å²) < 4.78 is 21.0. The van der Waals surface area contributed by atoms with Crippen molar-refractivity contribution < 1.29 is 28.5 Å². The van der Waals surface area contributed by atoms with E-state index in [1.54, 1.807) is 43.5 Å². The van der Waals surface area contributed by atoms with Crippen LogP contribution in [0.5, 0.6) is 23.0 Å². The molecular weight excluding hydrogens is 326 g/mol. The molecular formula is C18H17NO6. The summed E-state index contributed by atoms with van der Waals surface area (Å²) in [5.41, 5.74) is 0.710. The average Bonchev–Trinajstić information content (AvgIpc) is 3.07. The highest BCUT2D eigenvalue weighted by atomic mass is 16.7. The smallest absolute Gasteiger partial charge is 0.262 e. The van der Waals surface area contributed by atoms with Crippen molar-refractivity contribution in [1.82, 2.24) is 0 Å². The summed E-state index contributed by atoms with van der Waals surface area (Å²) >= 11 is 0. The number of hydrogen-bond donors (Lipinski definition) is 1. The second-order valence-corrected chi connectivity index (χ2v) is 5.32. The van der Waals surface area contributed by atoms with Crippen LogP contribution in [0.1, 0.15) is 17.3 Å². The maximum Gasteiger partial charge on any atom is 0.262 e. The minimum atomic E-state index is -0.391. The van der Waals surface area contributed by atoms with Gasteiger partial charge in [0.1, 0.15) is 11.5 Å². The second-order valence-electron chi connectivity index (χ2n) is 5.32. The van der Waals surface area contributed by atoms with Gasteiger partial charge in [0.2, 0.25) is 6.79 Å². The number of amides is 1. The SMILES string of the molecule is COc1ccc(OCC(=O)Nc2cc3c(cc2C(C)=O)OCO3)cc1. The summed E-state index contributed by atoms with van der Waals surface area (Å²) in [7, 11) is 1.57. The van der Waals surface area contributed by atoms with E-state index in [1.807, 2.05) is 0 Å². The van der Waals surface area contributed by atoms with Crippen LogP contribution in [0.4, 0.5) is 5.69 Å². The second kappa shape index (κ2) is 7.12. The Balaban J connectivity index is 1.67. The van der Waals surface area contributed by atoms with Crippen LogP contribution in [0.2, 0.25) is 0 Å². The lowest BCUT2D eigenvalue weighted by atomic mass is 10.1. The molecule has 0 unspecified atom stereocenters. The molecule has 0 fully saturated rings. The van der Waals surface area contributed by atoms with Gasteiger partial charge in [0, 0.05) is 11.6 Å². The molecule has 1 aliphatic rings. The molecule has 2 aromatic rings. The number of ether oxygens (including phenoxy) is 4. The first-order chi connectivity index (χ1) is 12.1. The van der Waals surface area contributed by atoms with Gasteiger partial charge in [0.25, 0.3) is 5.91 Å². The number of carbonyl (C=O) groups excluding carboxylic acids is 2. The van der Waals surface area contributed by atoms with Crippen molar-refractivity contribution in [3.63, 3.8) is 0 Å². The molecule has 0 spiro atoms. The number of ketones is 1. The minimum Gasteiger partial charge on any atom is -0.497 e. The molecule has 0 radical (unpaired) electrons. The zero-order chi connectivity index (χ0) is 17.8. The Morgan fingerprint density at radius 2 is 1.72 bits per heavy atom. The van der Waals surface area contributed by atoms with Crippen LogP contribution in [0.15, 0.2) is 36.4 Å². The molecule has 7 nitrogen and oxygen atoms in total. The number of fused-ring (bicyclic) bond motifs is 1. The van der Waals surface area contributed by atoms with E-state index in [0.29, 0.717) is 34.2 Å². The first-order valence-electron chi connectivity index (χ1n) is 7.58. The van der Waals surface area contributed by atoms with Crippen LogP contribution in [0.3, 0.4) is 0 Å². The number of Topliss-reactive ketones (excluding diaryl/α,β-unsaturated/α-hetero) is 1. The first kappa shape index (κ1) is 16.6. The Labute approximate surface area is 144 Å². The van der Waals surface area contributed by atoms with E-state index < -0.39 is 5.91 Å². The van der Waals surface area contributed by atoms with Crippen LogP contribution in [0, 0.1) is 0 Å². The van der Waals surface area contributed by atoms with Gasteiger partial charge in [-0.1, -0.05) is 0 Å². The number of methoxy groups -OCH3 is 1. The lowest BCUT2D eigenvalue weighted by molar-refractivity contribution is -0.118. The Morgan fingerprint density at radius 1 is 1.08 bits per heavy atom. The summed E-state index contributed by atoms with van der Waals surface area (Å²) in [4.78, 5) is 23.9. The van der Waals surface area contributed by atoms with E-state index in [4.69, 9.17) is 18.9 Å². The minimum absolute atomic E-state index is 0.0880. The Bertz CT molecular complexity index is 800. The maximum absolute atomic E-state index is 12.1. The van der Waals surface area contributed by atoms with Crippen LogP contribution in [-0.2, 0) is 4.79 Å². The summed E-state index contributed by atoms with van der Waals surface area (Å²) in [5.74, 6) is 1.62. The van der Waals surface area contributed by atoms with Gasteiger partial charge in [0.15, 0.2) is 23.9 Å². The summed E-state index contributed by atoms with van der Waals surface area (Å²) in [5, 5.41) is 2.67. The molecule has 2 aromatic carbocycles. The molecule has 130 valence electrons. The summed E-state index contributed by atoms with van der Waals surface area (Å²) in [6.07, 6.45) is 0. The van der Waals surface area contributed by atoms with Gasteiger partial charge in [-0.05, 0) is 37.3 Å². The highest BCUT2D eigenvalue weighted by Crippen LogP contribution is 2.37. The number of anilines is 1. The predicted molar refractivity (Wildman–Crippen MR) is 89.7 cm³/mol. The Kier molecular flexibility index (Phi) is 4.74.